The van der Waals surface area contributed by atoms with Crippen LogP contribution in [0.5, 0.6) is 0 Å². The predicted molar refractivity (Wildman–Crippen MR) is 77.8 cm³/mol. The van der Waals surface area contributed by atoms with E-state index >= 15 is 0 Å². The number of amides is 1. The third kappa shape index (κ3) is 3.63. The smallest absolute Gasteiger partial charge is 0.404 e. The lowest BCUT2D eigenvalue weighted by Crippen LogP contribution is -2.60. The van der Waals surface area contributed by atoms with Crippen LogP contribution in [0.1, 0.15) is 48.0 Å². The highest BCUT2D eigenvalue weighted by molar-refractivity contribution is 7.91. The van der Waals surface area contributed by atoms with Gasteiger partial charge in [-0.3, -0.25) is 0 Å². The summed E-state index contributed by atoms with van der Waals surface area (Å²) in [6, 6.07) is -0.0665. The molecule has 5 nitrogen and oxygen atoms in total. The van der Waals surface area contributed by atoms with Gasteiger partial charge < -0.3 is 15.0 Å². The summed E-state index contributed by atoms with van der Waals surface area (Å²) in [5, 5.41) is 11.3. The van der Waals surface area contributed by atoms with Crippen LogP contribution in [0, 0.1) is 11.3 Å². The Balaban J connectivity index is 2.74. The van der Waals surface area contributed by atoms with Crippen LogP contribution >= 0.6 is 0 Å². The Morgan fingerprint density at radius 2 is 2.00 bits per heavy atom. The molecule has 1 rings (SSSR count). The second-order valence-electron chi connectivity index (χ2n) is 6.71. The first kappa shape index (κ1) is 16.3. The van der Waals surface area contributed by atoms with Crippen LogP contribution in [0.15, 0.2) is 4.40 Å². The number of hydrogen-bond acceptors (Lipinski definition) is 3. The van der Waals surface area contributed by atoms with Gasteiger partial charge in [0.25, 0.3) is 0 Å². The van der Waals surface area contributed by atoms with Gasteiger partial charge >= 0.3 is 6.09 Å². The molecule has 0 aromatic carbocycles. The lowest BCUT2D eigenvalue weighted by molar-refractivity contribution is 0.0597. The van der Waals surface area contributed by atoms with Crippen molar-refractivity contribution in [1.29, 1.82) is 0 Å². The van der Waals surface area contributed by atoms with Crippen LogP contribution in [0.4, 0.5) is 4.79 Å². The van der Waals surface area contributed by atoms with Gasteiger partial charge in [0.1, 0.15) is 16.1 Å². The second-order valence-corrected chi connectivity index (χ2v) is 8.61. The maximum absolute atomic E-state index is 12.0. The zero-order valence-corrected chi connectivity index (χ0v) is 13.3. The Hall–Kier alpha value is -0.750. The molecule has 0 aromatic heterocycles. The van der Waals surface area contributed by atoms with Gasteiger partial charge in [0.2, 0.25) is 0 Å². The highest BCUT2D eigenvalue weighted by Gasteiger charge is 2.50. The molecule has 0 saturated heterocycles. The first-order valence-corrected chi connectivity index (χ1v) is 7.53. The zero-order chi connectivity index (χ0) is 15.0. The molecule has 0 spiro atoms. The Labute approximate surface area is 118 Å². The largest absolute Gasteiger partial charge is 0.591 e. The van der Waals surface area contributed by atoms with Crippen molar-refractivity contribution in [2.75, 3.05) is 0 Å². The van der Waals surface area contributed by atoms with Crippen LogP contribution in [-0.4, -0.2) is 32.3 Å². The maximum Gasteiger partial charge on any atom is 0.404 e. The molecule has 6 heteroatoms. The molecule has 0 heterocycles. The second kappa shape index (κ2) is 5.32. The molecule has 0 bridgehead atoms. The Kier molecular flexibility index (Phi) is 4.57. The molecule has 0 aliphatic heterocycles. The van der Waals surface area contributed by atoms with E-state index in [1.807, 2.05) is 41.5 Å². The Morgan fingerprint density at radius 1 is 1.47 bits per heavy atom. The maximum atomic E-state index is 12.0. The van der Waals surface area contributed by atoms with E-state index in [9.17, 15) is 9.35 Å². The molecule has 2 N–H and O–H groups in total. The lowest BCUT2D eigenvalue weighted by Gasteiger charge is -2.51. The minimum Gasteiger partial charge on any atom is -0.591 e. The average Bonchev–Trinajstić information content (AvgIpc) is 2.21. The molecule has 0 aromatic rings. The number of rotatable bonds is 3. The van der Waals surface area contributed by atoms with E-state index < -0.39 is 17.5 Å². The number of carbonyl (C=O) groups is 1. The van der Waals surface area contributed by atoms with E-state index in [-0.39, 0.29) is 22.1 Å². The van der Waals surface area contributed by atoms with Gasteiger partial charge in [0, 0.05) is 12.0 Å². The standard InChI is InChI=1S/C13H24N2O3S/c1-8(15-19(18)12(2,3)4)9-7-10(13(9,5)6)14-11(16)17/h9-10,14H,7H2,1-6H3,(H,16,17)/t9-,10-,19?/m1/s1. The third-order valence-corrected chi connectivity index (χ3v) is 5.32. The van der Waals surface area contributed by atoms with E-state index in [2.05, 4.69) is 9.71 Å². The Bertz CT molecular complexity index is 388. The molecule has 1 saturated carbocycles. The number of nitrogens with one attached hydrogen (secondary N) is 1. The zero-order valence-electron chi connectivity index (χ0n) is 12.5. The van der Waals surface area contributed by atoms with Gasteiger partial charge in [-0.15, -0.1) is 0 Å². The van der Waals surface area contributed by atoms with Crippen LogP contribution in [0.2, 0.25) is 0 Å². The molecule has 110 valence electrons. The molecule has 0 radical (unpaired) electrons. The van der Waals surface area contributed by atoms with Crippen molar-refractivity contribution in [3.8, 4) is 0 Å². The van der Waals surface area contributed by atoms with Crippen LogP contribution in [0.3, 0.4) is 0 Å². The minimum atomic E-state index is -1.26. The minimum absolute atomic E-state index is 0.0665. The first-order chi connectivity index (χ1) is 8.46. The predicted octanol–water partition coefficient (Wildman–Crippen LogP) is 2.59. The quantitative estimate of drug-likeness (QED) is 0.618. The highest BCUT2D eigenvalue weighted by atomic mass is 32.2. The molecule has 19 heavy (non-hydrogen) atoms. The van der Waals surface area contributed by atoms with E-state index in [1.54, 1.807) is 0 Å². The van der Waals surface area contributed by atoms with Crippen LogP contribution in [-0.2, 0) is 11.4 Å². The third-order valence-electron chi connectivity index (χ3n) is 3.82. The number of nitrogens with zero attached hydrogens (tertiary/aromatic N) is 1. The van der Waals surface area contributed by atoms with Crippen molar-refractivity contribution in [1.82, 2.24) is 5.32 Å². The van der Waals surface area contributed by atoms with Crippen molar-refractivity contribution in [2.24, 2.45) is 15.7 Å². The summed E-state index contributed by atoms with van der Waals surface area (Å²) in [7, 11) is 0. The summed E-state index contributed by atoms with van der Waals surface area (Å²) in [4.78, 5) is 10.7. The summed E-state index contributed by atoms with van der Waals surface area (Å²) < 4.78 is 15.9. The topological polar surface area (TPSA) is 84.8 Å². The van der Waals surface area contributed by atoms with Gasteiger partial charge in [0.05, 0.1) is 5.71 Å². The van der Waals surface area contributed by atoms with Crippen molar-refractivity contribution in [3.63, 3.8) is 0 Å². The Morgan fingerprint density at radius 3 is 2.37 bits per heavy atom. The van der Waals surface area contributed by atoms with Crippen molar-refractivity contribution in [2.45, 2.75) is 58.8 Å². The fourth-order valence-corrected chi connectivity index (χ4v) is 3.02. The molecule has 3 atom stereocenters. The van der Waals surface area contributed by atoms with Crippen LogP contribution < -0.4 is 5.32 Å². The molecule has 1 unspecified atom stereocenters. The van der Waals surface area contributed by atoms with Gasteiger partial charge in [-0.2, -0.15) is 0 Å². The van der Waals surface area contributed by atoms with Crippen LogP contribution in [0.25, 0.3) is 0 Å². The molecule has 1 amide bonds. The fraction of sp³-hybridized carbons (Fsp3) is 0.846. The number of hydrogen-bond donors (Lipinski definition) is 2. The van der Waals surface area contributed by atoms with Gasteiger partial charge in [-0.1, -0.05) is 18.2 Å². The molecule has 1 aliphatic carbocycles. The van der Waals surface area contributed by atoms with Gasteiger partial charge in [-0.25, -0.2) is 4.79 Å². The van der Waals surface area contributed by atoms with Crippen molar-refractivity contribution in [3.05, 3.63) is 0 Å². The van der Waals surface area contributed by atoms with Crippen molar-refractivity contribution >= 4 is 23.2 Å². The number of carboxylic acid groups (broad SMARTS) is 1. The van der Waals surface area contributed by atoms with Gasteiger partial charge in [-0.05, 0) is 39.5 Å². The van der Waals surface area contributed by atoms with E-state index in [0.717, 1.165) is 12.1 Å². The fourth-order valence-electron chi connectivity index (χ4n) is 2.36. The molecular formula is C13H24N2O3S. The molecule has 1 fully saturated rings. The van der Waals surface area contributed by atoms with E-state index in [1.165, 1.54) is 0 Å². The summed E-state index contributed by atoms with van der Waals surface area (Å²) in [6.45, 7) is 11.6. The average molecular weight is 288 g/mol. The first-order valence-electron chi connectivity index (χ1n) is 6.43. The highest BCUT2D eigenvalue weighted by Crippen LogP contribution is 2.47. The molecular weight excluding hydrogens is 264 g/mol. The lowest BCUT2D eigenvalue weighted by atomic mass is 9.57. The summed E-state index contributed by atoms with van der Waals surface area (Å²) >= 11 is -1.26. The summed E-state index contributed by atoms with van der Waals surface area (Å²) in [5.74, 6) is 0.177. The molecule has 1 aliphatic rings. The van der Waals surface area contributed by atoms with E-state index in [4.69, 9.17) is 5.11 Å². The summed E-state index contributed by atoms with van der Waals surface area (Å²) in [6.07, 6.45) is -0.278. The summed E-state index contributed by atoms with van der Waals surface area (Å²) in [5.41, 5.74) is 0.662. The van der Waals surface area contributed by atoms with E-state index in [0.29, 0.717) is 0 Å². The van der Waals surface area contributed by atoms with Crippen molar-refractivity contribution < 1.29 is 14.5 Å². The monoisotopic (exact) mass is 288 g/mol. The van der Waals surface area contributed by atoms with Gasteiger partial charge in [0.15, 0.2) is 0 Å². The SMILES string of the molecule is CC(=N[S+]([O-])C(C)(C)C)[C@H]1C[C@@H](NC(=O)O)C1(C)C. The normalized spacial score (nSPS) is 28.5.